The minimum atomic E-state index is -0.405. The zero-order valence-electron chi connectivity index (χ0n) is 9.13. The highest BCUT2D eigenvalue weighted by Crippen LogP contribution is 2.07. The number of nitrogens with two attached hydrogens (primary N) is 1. The first-order valence-electron chi connectivity index (χ1n) is 4.70. The lowest BCUT2D eigenvalue weighted by atomic mass is 10.2. The second kappa shape index (κ2) is 6.75. The van der Waals surface area contributed by atoms with Crippen molar-refractivity contribution in [2.75, 3.05) is 19.7 Å². The smallest absolute Gasteiger partial charge is 0.307 e. The summed E-state index contributed by atoms with van der Waals surface area (Å²) in [7, 11) is 0. The molecule has 0 aromatic rings. The van der Waals surface area contributed by atoms with Crippen LogP contribution in [0.25, 0.3) is 0 Å². The van der Waals surface area contributed by atoms with E-state index in [0.717, 1.165) is 0 Å². The maximum Gasteiger partial charge on any atom is 0.307 e. The molecule has 0 aromatic heterocycles. The van der Waals surface area contributed by atoms with E-state index in [-0.39, 0.29) is 5.97 Å². The molecule has 5 heteroatoms. The van der Waals surface area contributed by atoms with E-state index >= 15 is 0 Å². The van der Waals surface area contributed by atoms with E-state index in [1.54, 1.807) is 0 Å². The van der Waals surface area contributed by atoms with Gasteiger partial charge in [0.2, 0.25) is 0 Å². The molecule has 0 saturated heterocycles. The monoisotopic (exact) mass is 204 g/mol. The molecule has 0 aromatic carbocycles. The molecule has 0 aliphatic heterocycles. The Hall–Kier alpha value is -0.650. The molecule has 0 saturated carbocycles. The van der Waals surface area contributed by atoms with Gasteiger partial charge >= 0.3 is 5.97 Å². The summed E-state index contributed by atoms with van der Waals surface area (Å²) in [5.41, 5.74) is -0.405. The molecule has 0 rings (SSSR count). The fourth-order valence-corrected chi connectivity index (χ4v) is 0.839. The quantitative estimate of drug-likeness (QED) is 0.367. The third kappa shape index (κ3) is 9.44. The van der Waals surface area contributed by atoms with Crippen molar-refractivity contribution in [1.82, 2.24) is 5.32 Å². The molecule has 0 fully saturated rings. The first kappa shape index (κ1) is 13.4. The van der Waals surface area contributed by atoms with Crippen LogP contribution in [-0.4, -0.2) is 31.3 Å². The number of carbonyl (C=O) groups is 1. The fourth-order valence-electron chi connectivity index (χ4n) is 0.839. The lowest BCUT2D eigenvalue weighted by molar-refractivity contribution is -0.154. The molecule has 14 heavy (non-hydrogen) atoms. The van der Waals surface area contributed by atoms with Crippen LogP contribution in [0.1, 0.15) is 27.2 Å². The van der Waals surface area contributed by atoms with E-state index in [9.17, 15) is 4.79 Å². The van der Waals surface area contributed by atoms with Crippen LogP contribution in [0.15, 0.2) is 0 Å². The molecule has 0 aliphatic rings. The SMILES string of the molecule is CC(C)(C)OC(=O)CCNCCON. The van der Waals surface area contributed by atoms with Gasteiger partial charge in [-0.3, -0.25) is 4.79 Å². The normalized spacial score (nSPS) is 11.4. The minimum absolute atomic E-state index is 0.196. The number of esters is 1. The third-order valence-electron chi connectivity index (χ3n) is 1.32. The predicted molar refractivity (Wildman–Crippen MR) is 53.5 cm³/mol. The van der Waals surface area contributed by atoms with Gasteiger partial charge in [0, 0.05) is 13.1 Å². The van der Waals surface area contributed by atoms with Crippen LogP contribution in [0.3, 0.4) is 0 Å². The Kier molecular flexibility index (Phi) is 6.44. The van der Waals surface area contributed by atoms with E-state index in [0.29, 0.717) is 26.1 Å². The lowest BCUT2D eigenvalue weighted by Gasteiger charge is -2.19. The average Bonchev–Trinajstić information content (AvgIpc) is 2.00. The Morgan fingerprint density at radius 1 is 1.36 bits per heavy atom. The van der Waals surface area contributed by atoms with E-state index < -0.39 is 5.60 Å². The van der Waals surface area contributed by atoms with Gasteiger partial charge in [-0.1, -0.05) is 0 Å². The summed E-state index contributed by atoms with van der Waals surface area (Å²) >= 11 is 0. The number of rotatable bonds is 6. The Balaban J connectivity index is 3.36. The summed E-state index contributed by atoms with van der Waals surface area (Å²) in [6.07, 6.45) is 0.363. The average molecular weight is 204 g/mol. The van der Waals surface area contributed by atoms with Gasteiger partial charge in [-0.25, -0.2) is 5.90 Å². The van der Waals surface area contributed by atoms with Crippen molar-refractivity contribution in [3.05, 3.63) is 0 Å². The molecule has 0 radical (unpaired) electrons. The second-order valence-corrected chi connectivity index (χ2v) is 3.96. The van der Waals surface area contributed by atoms with Gasteiger partial charge in [0.05, 0.1) is 13.0 Å². The summed E-state index contributed by atoms with van der Waals surface area (Å²) < 4.78 is 5.11. The minimum Gasteiger partial charge on any atom is -0.460 e. The molecule has 0 amide bonds. The zero-order chi connectivity index (χ0) is 11.0. The van der Waals surface area contributed by atoms with Gasteiger partial charge in [-0.05, 0) is 20.8 Å². The number of nitrogens with one attached hydrogen (secondary N) is 1. The Morgan fingerprint density at radius 2 is 2.00 bits per heavy atom. The topological polar surface area (TPSA) is 73.6 Å². The lowest BCUT2D eigenvalue weighted by Crippen LogP contribution is -2.28. The first-order valence-corrected chi connectivity index (χ1v) is 4.70. The molecule has 0 heterocycles. The van der Waals surface area contributed by atoms with Crippen LogP contribution in [0.4, 0.5) is 0 Å². The van der Waals surface area contributed by atoms with Crippen LogP contribution in [0.5, 0.6) is 0 Å². The molecule has 0 spiro atoms. The zero-order valence-corrected chi connectivity index (χ0v) is 9.13. The van der Waals surface area contributed by atoms with Gasteiger partial charge in [0.15, 0.2) is 0 Å². The van der Waals surface area contributed by atoms with Gasteiger partial charge < -0.3 is 14.9 Å². The molecule has 5 nitrogen and oxygen atoms in total. The molecule has 0 unspecified atom stereocenters. The number of ether oxygens (including phenoxy) is 1. The third-order valence-corrected chi connectivity index (χ3v) is 1.32. The van der Waals surface area contributed by atoms with E-state index in [1.807, 2.05) is 20.8 Å². The number of carbonyl (C=O) groups excluding carboxylic acids is 1. The van der Waals surface area contributed by atoms with Crippen molar-refractivity contribution >= 4 is 5.97 Å². The number of hydrogen-bond acceptors (Lipinski definition) is 5. The molecule has 0 atom stereocenters. The molecular weight excluding hydrogens is 184 g/mol. The van der Waals surface area contributed by atoms with Crippen molar-refractivity contribution < 1.29 is 14.4 Å². The Bertz CT molecular complexity index is 166. The maximum absolute atomic E-state index is 11.2. The van der Waals surface area contributed by atoms with Crippen LogP contribution in [-0.2, 0) is 14.4 Å². The van der Waals surface area contributed by atoms with Gasteiger partial charge in [0.25, 0.3) is 0 Å². The first-order chi connectivity index (χ1) is 6.45. The van der Waals surface area contributed by atoms with Crippen LogP contribution < -0.4 is 11.2 Å². The van der Waals surface area contributed by atoms with Crippen LogP contribution in [0, 0.1) is 0 Å². The van der Waals surface area contributed by atoms with Gasteiger partial charge in [0.1, 0.15) is 5.60 Å². The highest BCUT2D eigenvalue weighted by atomic mass is 16.6. The summed E-state index contributed by atoms with van der Waals surface area (Å²) in [6, 6.07) is 0. The van der Waals surface area contributed by atoms with Crippen molar-refractivity contribution in [2.45, 2.75) is 32.8 Å². The number of hydrogen-bond donors (Lipinski definition) is 2. The largest absolute Gasteiger partial charge is 0.460 e. The van der Waals surface area contributed by atoms with Gasteiger partial charge in [-0.15, -0.1) is 0 Å². The summed E-state index contributed by atoms with van der Waals surface area (Å²) in [5.74, 6) is 4.63. The highest BCUT2D eigenvalue weighted by molar-refractivity contribution is 5.70. The van der Waals surface area contributed by atoms with E-state index in [1.165, 1.54) is 0 Å². The van der Waals surface area contributed by atoms with E-state index in [4.69, 9.17) is 10.6 Å². The van der Waals surface area contributed by atoms with E-state index in [2.05, 4.69) is 10.2 Å². The van der Waals surface area contributed by atoms with Crippen LogP contribution in [0.2, 0.25) is 0 Å². The molecule has 84 valence electrons. The molecular formula is C9H20N2O3. The Labute approximate surface area is 84.9 Å². The van der Waals surface area contributed by atoms with Crippen LogP contribution >= 0.6 is 0 Å². The predicted octanol–water partition coefficient (Wildman–Crippen LogP) is 0.198. The highest BCUT2D eigenvalue weighted by Gasteiger charge is 2.15. The van der Waals surface area contributed by atoms with Crippen molar-refractivity contribution in [3.63, 3.8) is 0 Å². The Morgan fingerprint density at radius 3 is 2.50 bits per heavy atom. The summed E-state index contributed by atoms with van der Waals surface area (Å²) in [6.45, 7) is 7.20. The summed E-state index contributed by atoms with van der Waals surface area (Å²) in [4.78, 5) is 15.5. The molecule has 0 aliphatic carbocycles. The van der Waals surface area contributed by atoms with Crippen molar-refractivity contribution in [2.24, 2.45) is 5.90 Å². The fraction of sp³-hybridized carbons (Fsp3) is 0.889. The van der Waals surface area contributed by atoms with Crippen molar-refractivity contribution in [1.29, 1.82) is 0 Å². The second-order valence-electron chi connectivity index (χ2n) is 3.96. The summed E-state index contributed by atoms with van der Waals surface area (Å²) in [5, 5.41) is 3.00. The standard InChI is InChI=1S/C9H20N2O3/c1-9(2,3)14-8(12)4-5-11-6-7-13-10/h11H,4-7,10H2,1-3H3. The maximum atomic E-state index is 11.2. The molecule has 3 N–H and O–H groups in total. The molecule has 0 bridgehead atoms. The van der Waals surface area contributed by atoms with Gasteiger partial charge in [-0.2, -0.15) is 0 Å². The van der Waals surface area contributed by atoms with Crippen molar-refractivity contribution in [3.8, 4) is 0 Å².